The third-order valence-electron chi connectivity index (χ3n) is 2.27. The molecule has 0 bridgehead atoms. The standard InChI is InChI=1S/C12H13N3O5/c1-8(2)19-12(17)18-7-15-10(14-20-11(15)16)9-3-5-13-6-4-9/h3-6,8H,7H2,1-2H3. The van der Waals surface area contributed by atoms with E-state index >= 15 is 0 Å². The molecular weight excluding hydrogens is 266 g/mol. The third-order valence-corrected chi connectivity index (χ3v) is 2.27. The van der Waals surface area contributed by atoms with Gasteiger partial charge in [0.15, 0.2) is 12.6 Å². The number of carbonyl (C=O) groups is 1. The van der Waals surface area contributed by atoms with Crippen LogP contribution in [0.1, 0.15) is 13.8 Å². The molecule has 2 rings (SSSR count). The van der Waals surface area contributed by atoms with Crippen molar-refractivity contribution < 1.29 is 18.8 Å². The Kier molecular flexibility index (Phi) is 4.14. The number of aromatic nitrogens is 3. The second-order valence-electron chi connectivity index (χ2n) is 4.13. The molecule has 0 saturated heterocycles. The van der Waals surface area contributed by atoms with Crippen LogP contribution in [0.15, 0.2) is 33.8 Å². The summed E-state index contributed by atoms with van der Waals surface area (Å²) in [7, 11) is 0. The van der Waals surface area contributed by atoms with Gasteiger partial charge in [0.05, 0.1) is 6.10 Å². The number of nitrogens with zero attached hydrogens (tertiary/aromatic N) is 3. The van der Waals surface area contributed by atoms with Crippen LogP contribution in [0, 0.1) is 0 Å². The van der Waals surface area contributed by atoms with Crippen molar-refractivity contribution in [3.8, 4) is 11.4 Å². The van der Waals surface area contributed by atoms with Crippen molar-refractivity contribution in [3.63, 3.8) is 0 Å². The Labute approximate surface area is 113 Å². The van der Waals surface area contributed by atoms with Gasteiger partial charge in [-0.2, -0.15) is 0 Å². The van der Waals surface area contributed by atoms with Crippen molar-refractivity contribution in [2.24, 2.45) is 0 Å². The second kappa shape index (κ2) is 6.00. The Morgan fingerprint density at radius 2 is 2.10 bits per heavy atom. The van der Waals surface area contributed by atoms with Gasteiger partial charge in [-0.05, 0) is 26.0 Å². The molecule has 0 fully saturated rings. The van der Waals surface area contributed by atoms with E-state index in [1.807, 2.05) is 0 Å². The molecule has 0 aromatic carbocycles. The average molecular weight is 279 g/mol. The topological polar surface area (TPSA) is 96.5 Å². The summed E-state index contributed by atoms with van der Waals surface area (Å²) in [6, 6.07) is 3.31. The van der Waals surface area contributed by atoms with E-state index in [4.69, 9.17) is 9.47 Å². The highest BCUT2D eigenvalue weighted by atomic mass is 16.7. The first-order valence-electron chi connectivity index (χ1n) is 5.88. The molecule has 0 atom stereocenters. The Bertz CT molecular complexity index is 632. The Balaban J connectivity index is 2.15. The molecule has 0 unspecified atom stereocenters. The minimum Gasteiger partial charge on any atom is -0.432 e. The van der Waals surface area contributed by atoms with Crippen LogP contribution < -0.4 is 5.76 Å². The first-order valence-corrected chi connectivity index (χ1v) is 5.88. The maximum atomic E-state index is 11.5. The molecule has 0 aliphatic heterocycles. The summed E-state index contributed by atoms with van der Waals surface area (Å²) in [6.07, 6.45) is 1.93. The summed E-state index contributed by atoms with van der Waals surface area (Å²) in [5, 5.41) is 3.64. The number of pyridine rings is 1. The van der Waals surface area contributed by atoms with Crippen molar-refractivity contribution in [1.29, 1.82) is 0 Å². The van der Waals surface area contributed by atoms with Crippen LogP contribution in [-0.4, -0.2) is 27.0 Å². The fourth-order valence-electron chi connectivity index (χ4n) is 1.43. The predicted octanol–water partition coefficient (Wildman–Crippen LogP) is 1.42. The molecular formula is C12H13N3O5. The number of hydrogen-bond acceptors (Lipinski definition) is 7. The van der Waals surface area contributed by atoms with E-state index in [2.05, 4.69) is 14.7 Å². The zero-order valence-electron chi connectivity index (χ0n) is 11.0. The van der Waals surface area contributed by atoms with Gasteiger partial charge in [-0.3, -0.25) is 9.51 Å². The van der Waals surface area contributed by atoms with Crippen LogP contribution in [0.4, 0.5) is 4.79 Å². The van der Waals surface area contributed by atoms with Crippen molar-refractivity contribution in [2.45, 2.75) is 26.7 Å². The van der Waals surface area contributed by atoms with E-state index in [0.29, 0.717) is 5.56 Å². The van der Waals surface area contributed by atoms with Crippen molar-refractivity contribution in [1.82, 2.24) is 14.7 Å². The largest absolute Gasteiger partial charge is 0.510 e. The minimum absolute atomic E-state index is 0.245. The molecule has 0 radical (unpaired) electrons. The summed E-state index contributed by atoms with van der Waals surface area (Å²) in [5.74, 6) is -0.482. The maximum Gasteiger partial charge on any atom is 0.510 e. The van der Waals surface area contributed by atoms with Crippen LogP contribution in [0.25, 0.3) is 11.4 Å². The van der Waals surface area contributed by atoms with Gasteiger partial charge in [0.1, 0.15) is 0 Å². The van der Waals surface area contributed by atoms with Crippen molar-refractivity contribution in [2.75, 3.05) is 0 Å². The van der Waals surface area contributed by atoms with Gasteiger partial charge in [-0.15, -0.1) is 0 Å². The van der Waals surface area contributed by atoms with Gasteiger partial charge < -0.3 is 9.47 Å². The molecule has 0 aliphatic carbocycles. The lowest BCUT2D eigenvalue weighted by atomic mass is 10.2. The second-order valence-corrected chi connectivity index (χ2v) is 4.13. The highest BCUT2D eigenvalue weighted by Gasteiger charge is 2.15. The van der Waals surface area contributed by atoms with Gasteiger partial charge in [-0.25, -0.2) is 14.2 Å². The Hall–Kier alpha value is -2.64. The zero-order chi connectivity index (χ0) is 14.5. The number of rotatable bonds is 4. The Morgan fingerprint density at radius 3 is 2.75 bits per heavy atom. The SMILES string of the molecule is CC(C)OC(=O)OCn1c(-c2ccncc2)noc1=O. The molecule has 0 amide bonds. The molecule has 0 spiro atoms. The first-order chi connectivity index (χ1) is 9.58. The van der Waals surface area contributed by atoms with Gasteiger partial charge in [0.25, 0.3) is 0 Å². The molecule has 0 saturated carbocycles. The highest BCUT2D eigenvalue weighted by molar-refractivity contribution is 5.60. The number of ether oxygens (including phenoxy) is 2. The van der Waals surface area contributed by atoms with E-state index in [-0.39, 0.29) is 18.7 Å². The number of carbonyl (C=O) groups excluding carboxylic acids is 1. The molecule has 8 nitrogen and oxygen atoms in total. The van der Waals surface area contributed by atoms with Gasteiger partial charge in [-0.1, -0.05) is 5.16 Å². The molecule has 0 aliphatic rings. The molecule has 2 aromatic heterocycles. The van der Waals surface area contributed by atoms with Gasteiger partial charge in [0, 0.05) is 18.0 Å². The fourth-order valence-corrected chi connectivity index (χ4v) is 1.43. The van der Waals surface area contributed by atoms with Crippen LogP contribution in [-0.2, 0) is 16.2 Å². The molecule has 2 heterocycles. The Morgan fingerprint density at radius 1 is 1.40 bits per heavy atom. The van der Waals surface area contributed by atoms with Crippen molar-refractivity contribution in [3.05, 3.63) is 35.1 Å². The maximum absolute atomic E-state index is 11.5. The summed E-state index contributed by atoms with van der Waals surface area (Å²) >= 11 is 0. The van der Waals surface area contributed by atoms with E-state index in [0.717, 1.165) is 4.57 Å². The lowest BCUT2D eigenvalue weighted by Crippen LogP contribution is -2.21. The molecule has 2 aromatic rings. The zero-order valence-corrected chi connectivity index (χ0v) is 11.0. The van der Waals surface area contributed by atoms with Gasteiger partial charge >= 0.3 is 11.9 Å². The number of hydrogen-bond donors (Lipinski definition) is 0. The highest BCUT2D eigenvalue weighted by Crippen LogP contribution is 2.14. The van der Waals surface area contributed by atoms with Crippen LogP contribution in [0.5, 0.6) is 0 Å². The average Bonchev–Trinajstić information content (AvgIpc) is 2.78. The molecule has 0 N–H and O–H groups in total. The quantitative estimate of drug-likeness (QED) is 0.780. The van der Waals surface area contributed by atoms with E-state index in [9.17, 15) is 9.59 Å². The first kappa shape index (κ1) is 13.8. The normalized spacial score (nSPS) is 10.6. The van der Waals surface area contributed by atoms with Crippen molar-refractivity contribution >= 4 is 6.16 Å². The fraction of sp³-hybridized carbons (Fsp3) is 0.333. The predicted molar refractivity (Wildman–Crippen MR) is 66.7 cm³/mol. The smallest absolute Gasteiger partial charge is 0.432 e. The monoisotopic (exact) mass is 279 g/mol. The molecule has 8 heteroatoms. The molecule has 20 heavy (non-hydrogen) atoms. The van der Waals surface area contributed by atoms with Crippen LogP contribution in [0.2, 0.25) is 0 Å². The van der Waals surface area contributed by atoms with E-state index in [1.54, 1.807) is 38.4 Å². The lowest BCUT2D eigenvalue weighted by Gasteiger charge is -2.09. The minimum atomic E-state index is -0.867. The summed E-state index contributed by atoms with van der Waals surface area (Å²) < 4.78 is 15.3. The summed E-state index contributed by atoms with van der Waals surface area (Å²) in [6.45, 7) is 3.04. The van der Waals surface area contributed by atoms with Gasteiger partial charge in [0.2, 0.25) is 0 Å². The van der Waals surface area contributed by atoms with Crippen LogP contribution in [0.3, 0.4) is 0 Å². The lowest BCUT2D eigenvalue weighted by molar-refractivity contribution is 0.0150. The molecule has 106 valence electrons. The van der Waals surface area contributed by atoms with E-state index in [1.165, 1.54) is 0 Å². The summed E-state index contributed by atoms with van der Waals surface area (Å²) in [4.78, 5) is 26.7. The summed E-state index contributed by atoms with van der Waals surface area (Å²) in [5.41, 5.74) is 0.617. The van der Waals surface area contributed by atoms with Crippen LogP contribution >= 0.6 is 0 Å². The van der Waals surface area contributed by atoms with E-state index < -0.39 is 11.9 Å². The third kappa shape index (κ3) is 3.22.